The molecule has 2 rings (SSSR count). The molecule has 1 aromatic carbocycles. The molecule has 5 heteroatoms. The van der Waals surface area contributed by atoms with Crippen LogP contribution < -0.4 is 15.4 Å². The molecule has 1 amide bonds. The third kappa shape index (κ3) is 2.93. The summed E-state index contributed by atoms with van der Waals surface area (Å²) in [6, 6.07) is 4.13. The van der Waals surface area contributed by atoms with Gasteiger partial charge < -0.3 is 15.4 Å². The normalized spacial score (nSPS) is 21.8. The molecule has 0 aromatic heterocycles. The lowest BCUT2D eigenvalue weighted by atomic mass is 9.81. The minimum atomic E-state index is -0.384. The standard InChI is InChI=1S/C15H21FN2O2/c1-3-6-15(7-8-17-10-15)14(19)18-12-5-4-11(16)9-13(12)20-2/h4-5,9,17H,3,6-8,10H2,1-2H3,(H,18,19). The van der Waals surface area contributed by atoms with Crippen molar-refractivity contribution in [3.63, 3.8) is 0 Å². The van der Waals surface area contributed by atoms with E-state index in [0.717, 1.165) is 25.8 Å². The Kier molecular flexibility index (Phi) is 4.60. The fourth-order valence-corrected chi connectivity index (χ4v) is 2.77. The number of hydrogen-bond donors (Lipinski definition) is 2. The van der Waals surface area contributed by atoms with E-state index in [4.69, 9.17) is 4.74 Å². The minimum Gasteiger partial charge on any atom is -0.494 e. The number of nitrogens with one attached hydrogen (secondary N) is 2. The van der Waals surface area contributed by atoms with E-state index in [2.05, 4.69) is 17.6 Å². The maximum atomic E-state index is 13.2. The molecule has 1 unspecified atom stereocenters. The molecule has 1 aliphatic rings. The zero-order chi connectivity index (χ0) is 14.6. The number of ether oxygens (including phenoxy) is 1. The summed E-state index contributed by atoms with van der Waals surface area (Å²) >= 11 is 0. The van der Waals surface area contributed by atoms with Crippen molar-refractivity contribution >= 4 is 11.6 Å². The van der Waals surface area contributed by atoms with Crippen LogP contribution in [0.4, 0.5) is 10.1 Å². The van der Waals surface area contributed by atoms with Gasteiger partial charge in [0.05, 0.1) is 18.2 Å². The number of halogens is 1. The van der Waals surface area contributed by atoms with Crippen LogP contribution in [0.25, 0.3) is 0 Å². The Morgan fingerprint density at radius 1 is 1.55 bits per heavy atom. The van der Waals surface area contributed by atoms with Crippen molar-refractivity contribution < 1.29 is 13.9 Å². The molecule has 0 aliphatic carbocycles. The summed E-state index contributed by atoms with van der Waals surface area (Å²) in [5.41, 5.74) is 0.148. The molecule has 0 spiro atoms. The van der Waals surface area contributed by atoms with Crippen molar-refractivity contribution in [2.45, 2.75) is 26.2 Å². The van der Waals surface area contributed by atoms with E-state index in [-0.39, 0.29) is 17.1 Å². The first-order valence-corrected chi connectivity index (χ1v) is 6.97. The Morgan fingerprint density at radius 2 is 2.35 bits per heavy atom. The summed E-state index contributed by atoms with van der Waals surface area (Å²) in [7, 11) is 1.46. The van der Waals surface area contributed by atoms with E-state index >= 15 is 0 Å². The van der Waals surface area contributed by atoms with Gasteiger partial charge in [-0.3, -0.25) is 4.79 Å². The summed E-state index contributed by atoms with van der Waals surface area (Å²) in [6.07, 6.45) is 2.63. The summed E-state index contributed by atoms with van der Waals surface area (Å²) < 4.78 is 18.3. The average Bonchev–Trinajstić information content (AvgIpc) is 2.91. The highest BCUT2D eigenvalue weighted by Gasteiger charge is 2.40. The molecular formula is C15H21FN2O2. The predicted octanol–water partition coefficient (Wildman–Crippen LogP) is 2.55. The quantitative estimate of drug-likeness (QED) is 0.871. The molecule has 4 nitrogen and oxygen atoms in total. The SMILES string of the molecule is CCCC1(C(=O)Nc2ccc(F)cc2OC)CCNC1. The fraction of sp³-hybridized carbons (Fsp3) is 0.533. The highest BCUT2D eigenvalue weighted by molar-refractivity contribution is 5.97. The molecular weight excluding hydrogens is 259 g/mol. The molecule has 20 heavy (non-hydrogen) atoms. The molecule has 1 aromatic rings. The van der Waals surface area contributed by atoms with Crippen LogP contribution in [0.1, 0.15) is 26.2 Å². The number of rotatable bonds is 5. The van der Waals surface area contributed by atoms with Gasteiger partial charge in [0.2, 0.25) is 5.91 Å². The van der Waals surface area contributed by atoms with E-state index in [1.165, 1.54) is 25.3 Å². The first kappa shape index (κ1) is 14.8. The Bertz CT molecular complexity index is 485. The lowest BCUT2D eigenvalue weighted by Crippen LogP contribution is -2.38. The molecule has 1 aliphatic heterocycles. The van der Waals surface area contributed by atoms with Crippen LogP contribution in [-0.2, 0) is 4.79 Å². The van der Waals surface area contributed by atoms with Crippen molar-refractivity contribution in [2.75, 3.05) is 25.5 Å². The molecule has 2 N–H and O–H groups in total. The average molecular weight is 280 g/mol. The van der Waals surface area contributed by atoms with Crippen molar-refractivity contribution in [3.8, 4) is 5.75 Å². The largest absolute Gasteiger partial charge is 0.494 e. The third-order valence-electron chi connectivity index (χ3n) is 3.87. The second-order valence-corrected chi connectivity index (χ2v) is 5.26. The fourth-order valence-electron chi connectivity index (χ4n) is 2.77. The van der Waals surface area contributed by atoms with Gasteiger partial charge >= 0.3 is 0 Å². The van der Waals surface area contributed by atoms with Crippen LogP contribution in [0.2, 0.25) is 0 Å². The van der Waals surface area contributed by atoms with Gasteiger partial charge in [0.25, 0.3) is 0 Å². The third-order valence-corrected chi connectivity index (χ3v) is 3.87. The number of benzene rings is 1. The van der Waals surface area contributed by atoms with Crippen molar-refractivity contribution in [1.82, 2.24) is 5.32 Å². The summed E-state index contributed by atoms with van der Waals surface area (Å²) in [5, 5.41) is 6.14. The smallest absolute Gasteiger partial charge is 0.232 e. The summed E-state index contributed by atoms with van der Waals surface area (Å²) in [5.74, 6) is -0.0594. The van der Waals surface area contributed by atoms with Crippen LogP contribution in [0.15, 0.2) is 18.2 Å². The van der Waals surface area contributed by atoms with Gasteiger partial charge in [-0.25, -0.2) is 4.39 Å². The van der Waals surface area contributed by atoms with Crippen LogP contribution in [0.5, 0.6) is 5.75 Å². The van der Waals surface area contributed by atoms with E-state index in [1.807, 2.05) is 0 Å². The zero-order valence-electron chi connectivity index (χ0n) is 12.0. The maximum Gasteiger partial charge on any atom is 0.232 e. The minimum absolute atomic E-state index is 0.0192. The second-order valence-electron chi connectivity index (χ2n) is 5.26. The molecule has 0 saturated carbocycles. The molecule has 0 bridgehead atoms. The number of carbonyl (C=O) groups excluding carboxylic acids is 1. The molecule has 1 fully saturated rings. The van der Waals surface area contributed by atoms with Gasteiger partial charge in [-0.2, -0.15) is 0 Å². The van der Waals surface area contributed by atoms with Gasteiger partial charge in [-0.1, -0.05) is 13.3 Å². The Hall–Kier alpha value is -1.62. The molecule has 1 heterocycles. The zero-order valence-corrected chi connectivity index (χ0v) is 12.0. The first-order valence-electron chi connectivity index (χ1n) is 6.97. The van der Waals surface area contributed by atoms with Crippen LogP contribution in [0, 0.1) is 11.2 Å². The van der Waals surface area contributed by atoms with E-state index in [0.29, 0.717) is 18.0 Å². The number of methoxy groups -OCH3 is 1. The highest BCUT2D eigenvalue weighted by Crippen LogP contribution is 2.34. The Morgan fingerprint density at radius 3 is 2.95 bits per heavy atom. The van der Waals surface area contributed by atoms with Gasteiger partial charge in [0, 0.05) is 12.6 Å². The number of anilines is 1. The monoisotopic (exact) mass is 280 g/mol. The van der Waals surface area contributed by atoms with Crippen molar-refractivity contribution in [2.24, 2.45) is 5.41 Å². The van der Waals surface area contributed by atoms with E-state index in [9.17, 15) is 9.18 Å². The van der Waals surface area contributed by atoms with E-state index < -0.39 is 0 Å². The van der Waals surface area contributed by atoms with Crippen LogP contribution in [0.3, 0.4) is 0 Å². The lowest BCUT2D eigenvalue weighted by molar-refractivity contribution is -0.125. The second kappa shape index (κ2) is 6.22. The van der Waals surface area contributed by atoms with Crippen molar-refractivity contribution in [1.29, 1.82) is 0 Å². The highest BCUT2D eigenvalue weighted by atomic mass is 19.1. The van der Waals surface area contributed by atoms with Crippen molar-refractivity contribution in [3.05, 3.63) is 24.0 Å². The van der Waals surface area contributed by atoms with Gasteiger partial charge in [-0.15, -0.1) is 0 Å². The molecule has 1 atom stereocenters. The predicted molar refractivity (Wildman–Crippen MR) is 76.4 cm³/mol. The van der Waals surface area contributed by atoms with Crippen LogP contribution >= 0.6 is 0 Å². The van der Waals surface area contributed by atoms with Crippen LogP contribution in [-0.4, -0.2) is 26.1 Å². The summed E-state index contributed by atoms with van der Waals surface area (Å²) in [4.78, 5) is 12.6. The van der Waals surface area contributed by atoms with Gasteiger partial charge in [-0.05, 0) is 31.5 Å². The lowest BCUT2D eigenvalue weighted by Gasteiger charge is -2.26. The maximum absolute atomic E-state index is 13.2. The topological polar surface area (TPSA) is 50.4 Å². The Balaban J connectivity index is 2.18. The molecule has 0 radical (unpaired) electrons. The van der Waals surface area contributed by atoms with E-state index in [1.54, 1.807) is 0 Å². The number of carbonyl (C=O) groups is 1. The first-order chi connectivity index (χ1) is 9.61. The Labute approximate surface area is 118 Å². The molecule has 110 valence electrons. The van der Waals surface area contributed by atoms with Gasteiger partial charge in [0.1, 0.15) is 11.6 Å². The number of amides is 1. The summed E-state index contributed by atoms with van der Waals surface area (Å²) in [6.45, 7) is 3.62. The molecule has 1 saturated heterocycles. The number of hydrogen-bond acceptors (Lipinski definition) is 3. The van der Waals surface area contributed by atoms with Gasteiger partial charge in [0.15, 0.2) is 0 Å².